The van der Waals surface area contributed by atoms with Gasteiger partial charge in [0.15, 0.2) is 5.78 Å². The molecule has 28 heavy (non-hydrogen) atoms. The van der Waals surface area contributed by atoms with E-state index < -0.39 is 51.1 Å². The molecule has 0 amide bonds. The average molecular weight is 444 g/mol. The summed E-state index contributed by atoms with van der Waals surface area (Å²) in [4.78, 5) is 12.2. The molecule has 1 saturated carbocycles. The van der Waals surface area contributed by atoms with E-state index >= 15 is 0 Å². The van der Waals surface area contributed by atoms with Crippen LogP contribution >= 0.6 is 11.6 Å². The van der Waals surface area contributed by atoms with E-state index in [4.69, 9.17) is 16.3 Å². The minimum Gasteiger partial charge on any atom is -0.491 e. The molecule has 3 rings (SSSR count). The molecule has 2 aliphatic rings. The van der Waals surface area contributed by atoms with Crippen LogP contribution < -0.4 is 4.74 Å². The van der Waals surface area contributed by atoms with Crippen molar-refractivity contribution in [3.8, 4) is 5.75 Å². The summed E-state index contributed by atoms with van der Waals surface area (Å²) in [6.07, 6.45) is -3.50. The minimum absolute atomic E-state index is 0.0818. The Kier molecular flexibility index (Phi) is 5.68. The highest BCUT2D eigenvalue weighted by molar-refractivity contribution is 7.89. The standard InChI is InChI=1S/C17H18ClF4NO4S/c18-12-7-11(14(24)9-28(25,26)23-5-2-6-23)13(19)8-15(12)27-10-16(3-1-4-16)17(20,21)22/h7-8H,1-6,9-10H2. The molecule has 1 heterocycles. The van der Waals surface area contributed by atoms with Gasteiger partial charge in [-0.3, -0.25) is 4.79 Å². The van der Waals surface area contributed by atoms with Crippen molar-refractivity contribution >= 4 is 27.4 Å². The monoisotopic (exact) mass is 443 g/mol. The minimum atomic E-state index is -4.45. The topological polar surface area (TPSA) is 63.7 Å². The molecule has 1 aliphatic carbocycles. The van der Waals surface area contributed by atoms with Gasteiger partial charge in [0.25, 0.3) is 0 Å². The molecule has 0 bridgehead atoms. The summed E-state index contributed by atoms with van der Waals surface area (Å²) in [5.41, 5.74) is -2.53. The fourth-order valence-corrected chi connectivity index (χ4v) is 4.78. The quantitative estimate of drug-likeness (QED) is 0.475. The van der Waals surface area contributed by atoms with E-state index in [2.05, 4.69) is 0 Å². The van der Waals surface area contributed by atoms with Gasteiger partial charge in [-0.2, -0.15) is 13.2 Å². The van der Waals surface area contributed by atoms with E-state index in [9.17, 15) is 30.8 Å². The van der Waals surface area contributed by atoms with Crippen molar-refractivity contribution in [3.63, 3.8) is 0 Å². The second-order valence-corrected chi connectivity index (χ2v) is 9.49. The Morgan fingerprint density at radius 2 is 1.86 bits per heavy atom. The zero-order chi connectivity index (χ0) is 20.7. The number of carbonyl (C=O) groups is 1. The fourth-order valence-electron chi connectivity index (χ4n) is 3.08. The lowest BCUT2D eigenvalue weighted by Crippen LogP contribution is -2.48. The molecular formula is C17H18ClF4NO4S. The number of hydrogen-bond acceptors (Lipinski definition) is 4. The zero-order valence-electron chi connectivity index (χ0n) is 14.7. The van der Waals surface area contributed by atoms with E-state index in [-0.39, 0.29) is 23.6 Å². The Bertz CT molecular complexity index is 880. The van der Waals surface area contributed by atoms with Gasteiger partial charge in [-0.25, -0.2) is 17.1 Å². The van der Waals surface area contributed by atoms with Crippen LogP contribution in [-0.2, 0) is 10.0 Å². The highest BCUT2D eigenvalue weighted by Gasteiger charge is 2.58. The van der Waals surface area contributed by atoms with Gasteiger partial charge < -0.3 is 4.74 Å². The number of halogens is 5. The Morgan fingerprint density at radius 1 is 1.21 bits per heavy atom. The lowest BCUT2D eigenvalue weighted by Gasteiger charge is -2.42. The summed E-state index contributed by atoms with van der Waals surface area (Å²) >= 11 is 5.94. The van der Waals surface area contributed by atoms with Gasteiger partial charge in [-0.1, -0.05) is 18.0 Å². The number of Topliss-reactive ketones (excluding diaryl/α,β-unsaturated/α-hetero) is 1. The summed E-state index contributed by atoms with van der Waals surface area (Å²) in [7, 11) is -3.83. The maximum absolute atomic E-state index is 14.3. The predicted octanol–water partition coefficient (Wildman–Crippen LogP) is 3.81. The third kappa shape index (κ3) is 3.99. The number of benzene rings is 1. The Balaban J connectivity index is 1.73. The average Bonchev–Trinajstić information content (AvgIpc) is 2.44. The van der Waals surface area contributed by atoms with Crippen molar-refractivity contribution < 1.29 is 35.5 Å². The number of ether oxygens (including phenoxy) is 1. The molecule has 0 spiro atoms. The van der Waals surface area contributed by atoms with Crippen molar-refractivity contribution in [1.82, 2.24) is 4.31 Å². The maximum atomic E-state index is 14.3. The molecule has 1 aromatic carbocycles. The molecule has 1 saturated heterocycles. The SMILES string of the molecule is O=C(CS(=O)(=O)N1CCC1)c1cc(Cl)c(OCC2(C(F)(F)F)CCC2)cc1F. The molecule has 0 aromatic heterocycles. The lowest BCUT2D eigenvalue weighted by molar-refractivity contribution is -0.259. The van der Waals surface area contributed by atoms with Crippen LogP contribution in [0.2, 0.25) is 5.02 Å². The van der Waals surface area contributed by atoms with E-state index in [1.54, 1.807) is 0 Å². The number of ketones is 1. The first-order chi connectivity index (χ1) is 13.0. The smallest absolute Gasteiger partial charge is 0.397 e. The van der Waals surface area contributed by atoms with Gasteiger partial charge >= 0.3 is 6.18 Å². The van der Waals surface area contributed by atoms with Crippen molar-refractivity contribution in [2.75, 3.05) is 25.4 Å². The van der Waals surface area contributed by atoms with Crippen LogP contribution in [0.25, 0.3) is 0 Å². The molecule has 2 fully saturated rings. The Morgan fingerprint density at radius 3 is 2.32 bits per heavy atom. The first-order valence-corrected chi connectivity index (χ1v) is 10.6. The van der Waals surface area contributed by atoms with E-state index in [0.29, 0.717) is 32.0 Å². The van der Waals surface area contributed by atoms with Crippen LogP contribution in [0.1, 0.15) is 36.0 Å². The molecule has 1 aromatic rings. The molecule has 0 radical (unpaired) electrons. The normalized spacial score (nSPS) is 19.6. The van der Waals surface area contributed by atoms with Gasteiger partial charge in [0.1, 0.15) is 23.9 Å². The highest BCUT2D eigenvalue weighted by Crippen LogP contribution is 2.53. The molecule has 0 atom stereocenters. The van der Waals surface area contributed by atoms with E-state index in [1.165, 1.54) is 0 Å². The summed E-state index contributed by atoms with van der Waals surface area (Å²) in [5.74, 6) is -3.31. The van der Waals surface area contributed by atoms with Crippen LogP contribution in [0.4, 0.5) is 17.6 Å². The molecule has 0 unspecified atom stereocenters. The zero-order valence-corrected chi connectivity index (χ0v) is 16.3. The molecule has 5 nitrogen and oxygen atoms in total. The summed E-state index contributed by atoms with van der Waals surface area (Å²) < 4.78 is 84.1. The van der Waals surface area contributed by atoms with E-state index in [1.807, 2.05) is 0 Å². The van der Waals surface area contributed by atoms with Crippen molar-refractivity contribution in [2.45, 2.75) is 31.9 Å². The Hall–Kier alpha value is -1.39. The highest BCUT2D eigenvalue weighted by atomic mass is 35.5. The summed E-state index contributed by atoms with van der Waals surface area (Å²) in [6.45, 7) is -0.0779. The third-order valence-electron chi connectivity index (χ3n) is 5.26. The second kappa shape index (κ2) is 7.46. The molecular weight excluding hydrogens is 426 g/mol. The predicted molar refractivity (Wildman–Crippen MR) is 93.6 cm³/mol. The first-order valence-electron chi connectivity index (χ1n) is 8.65. The number of sulfonamides is 1. The molecule has 156 valence electrons. The number of nitrogens with zero attached hydrogens (tertiary/aromatic N) is 1. The number of alkyl halides is 3. The van der Waals surface area contributed by atoms with Crippen molar-refractivity contribution in [1.29, 1.82) is 0 Å². The largest absolute Gasteiger partial charge is 0.491 e. The van der Waals surface area contributed by atoms with Crippen LogP contribution in [0.3, 0.4) is 0 Å². The van der Waals surface area contributed by atoms with Crippen LogP contribution in [-0.4, -0.2) is 50.1 Å². The van der Waals surface area contributed by atoms with Gasteiger partial charge in [0, 0.05) is 19.2 Å². The number of hydrogen-bond donors (Lipinski definition) is 0. The lowest BCUT2D eigenvalue weighted by atomic mass is 9.69. The summed E-state index contributed by atoms with van der Waals surface area (Å²) in [6, 6.07) is 1.61. The molecule has 11 heteroatoms. The van der Waals surface area contributed by atoms with Gasteiger partial charge in [0.05, 0.1) is 16.0 Å². The number of rotatable bonds is 7. The molecule has 0 N–H and O–H groups in total. The van der Waals surface area contributed by atoms with Crippen LogP contribution in [0.15, 0.2) is 12.1 Å². The Labute approximate surface area is 164 Å². The van der Waals surface area contributed by atoms with Gasteiger partial charge in [-0.15, -0.1) is 0 Å². The molecule has 1 aliphatic heterocycles. The van der Waals surface area contributed by atoms with Crippen LogP contribution in [0.5, 0.6) is 5.75 Å². The summed E-state index contributed by atoms with van der Waals surface area (Å²) in [5, 5.41) is -0.261. The fraction of sp³-hybridized carbons (Fsp3) is 0.588. The van der Waals surface area contributed by atoms with Gasteiger partial charge in [-0.05, 0) is 25.3 Å². The van der Waals surface area contributed by atoms with Gasteiger partial charge in [0.2, 0.25) is 10.0 Å². The number of carbonyl (C=O) groups excluding carboxylic acids is 1. The van der Waals surface area contributed by atoms with Crippen LogP contribution in [0, 0.1) is 11.2 Å². The third-order valence-corrected chi connectivity index (χ3v) is 7.33. The second-order valence-electron chi connectivity index (χ2n) is 7.11. The van der Waals surface area contributed by atoms with E-state index in [0.717, 1.165) is 10.4 Å². The van der Waals surface area contributed by atoms with Crippen molar-refractivity contribution in [3.05, 3.63) is 28.5 Å². The van der Waals surface area contributed by atoms with Crippen molar-refractivity contribution in [2.24, 2.45) is 5.41 Å². The maximum Gasteiger partial charge on any atom is 0.397 e. The first kappa shape index (κ1) is 21.3.